The molecule has 1 aromatic carbocycles. The van der Waals surface area contributed by atoms with Gasteiger partial charge in [0.25, 0.3) is 0 Å². The molecule has 0 radical (unpaired) electrons. The molecule has 0 saturated heterocycles. The lowest BCUT2D eigenvalue weighted by Gasteiger charge is -2.04. The van der Waals surface area contributed by atoms with Gasteiger partial charge in [0.15, 0.2) is 0 Å². The van der Waals surface area contributed by atoms with Crippen molar-refractivity contribution in [3.05, 3.63) is 24.0 Å². The summed E-state index contributed by atoms with van der Waals surface area (Å²) in [6.45, 7) is 3.69. The smallest absolute Gasteiger partial charge is 0.141 e. The first-order valence-corrected chi connectivity index (χ1v) is 5.63. The highest BCUT2D eigenvalue weighted by molar-refractivity contribution is 5.86. The third-order valence-corrected chi connectivity index (χ3v) is 2.63. The minimum atomic E-state index is 0.719. The monoisotopic (exact) mass is 235 g/mol. The van der Waals surface area contributed by atoms with Crippen molar-refractivity contribution >= 4 is 11.0 Å². The summed E-state index contributed by atoms with van der Waals surface area (Å²) in [5.74, 6) is 2.40. The van der Waals surface area contributed by atoms with Gasteiger partial charge in [-0.2, -0.15) is 0 Å². The molecule has 1 aromatic heterocycles. The zero-order valence-electron chi connectivity index (χ0n) is 10.4. The fraction of sp³-hybridized carbons (Fsp3) is 0.385. The summed E-state index contributed by atoms with van der Waals surface area (Å²) < 4.78 is 16.3. The fourth-order valence-electron chi connectivity index (χ4n) is 1.76. The highest BCUT2D eigenvalue weighted by atomic mass is 16.5. The zero-order chi connectivity index (χ0) is 12.3. The van der Waals surface area contributed by atoms with E-state index in [1.165, 1.54) is 0 Å². The van der Waals surface area contributed by atoms with Crippen molar-refractivity contribution in [2.24, 2.45) is 0 Å². The lowest BCUT2D eigenvalue weighted by Crippen LogP contribution is -2.10. The van der Waals surface area contributed by atoms with Crippen LogP contribution in [0.5, 0.6) is 11.5 Å². The van der Waals surface area contributed by atoms with Gasteiger partial charge in [-0.25, -0.2) is 0 Å². The topological polar surface area (TPSA) is 43.6 Å². The lowest BCUT2D eigenvalue weighted by molar-refractivity contribution is 0.397. The number of rotatable bonds is 5. The van der Waals surface area contributed by atoms with Crippen LogP contribution in [0.2, 0.25) is 0 Å². The van der Waals surface area contributed by atoms with Gasteiger partial charge in [0.1, 0.15) is 22.8 Å². The van der Waals surface area contributed by atoms with Crippen molar-refractivity contribution in [1.82, 2.24) is 5.32 Å². The quantitative estimate of drug-likeness (QED) is 0.865. The minimum absolute atomic E-state index is 0.719. The predicted molar refractivity (Wildman–Crippen MR) is 66.7 cm³/mol. The van der Waals surface area contributed by atoms with Gasteiger partial charge >= 0.3 is 0 Å². The van der Waals surface area contributed by atoms with Crippen molar-refractivity contribution in [1.29, 1.82) is 0 Å². The maximum Gasteiger partial charge on any atom is 0.141 e. The second-order valence-corrected chi connectivity index (χ2v) is 3.73. The molecule has 4 nitrogen and oxygen atoms in total. The molecule has 0 saturated carbocycles. The summed E-state index contributed by atoms with van der Waals surface area (Å²) in [7, 11) is 3.27. The van der Waals surface area contributed by atoms with Gasteiger partial charge < -0.3 is 19.2 Å². The first kappa shape index (κ1) is 11.8. The Morgan fingerprint density at radius 2 is 2.00 bits per heavy atom. The van der Waals surface area contributed by atoms with E-state index < -0.39 is 0 Å². The molecule has 0 unspecified atom stereocenters. The van der Waals surface area contributed by atoms with Crippen molar-refractivity contribution in [2.75, 3.05) is 20.8 Å². The summed E-state index contributed by atoms with van der Waals surface area (Å²) in [5, 5.41) is 4.20. The molecule has 2 aromatic rings. The molecule has 0 fully saturated rings. The van der Waals surface area contributed by atoms with Gasteiger partial charge in [0.2, 0.25) is 0 Å². The van der Waals surface area contributed by atoms with E-state index in [1.54, 1.807) is 14.2 Å². The summed E-state index contributed by atoms with van der Waals surface area (Å²) >= 11 is 0. The average Bonchev–Trinajstić information content (AvgIpc) is 2.77. The Bertz CT molecular complexity index is 505. The maximum atomic E-state index is 5.73. The van der Waals surface area contributed by atoms with Crippen LogP contribution in [-0.4, -0.2) is 20.8 Å². The Hall–Kier alpha value is -1.68. The van der Waals surface area contributed by atoms with E-state index in [-0.39, 0.29) is 0 Å². The van der Waals surface area contributed by atoms with Crippen LogP contribution >= 0.6 is 0 Å². The van der Waals surface area contributed by atoms with Gasteiger partial charge in [0.05, 0.1) is 26.2 Å². The van der Waals surface area contributed by atoms with Crippen molar-refractivity contribution in [2.45, 2.75) is 13.5 Å². The van der Waals surface area contributed by atoms with E-state index in [0.29, 0.717) is 0 Å². The number of ether oxygens (including phenoxy) is 2. The molecule has 92 valence electrons. The minimum Gasteiger partial charge on any atom is -0.496 e. The molecular weight excluding hydrogens is 218 g/mol. The van der Waals surface area contributed by atoms with E-state index in [1.807, 2.05) is 18.2 Å². The van der Waals surface area contributed by atoms with Gasteiger partial charge in [-0.3, -0.25) is 0 Å². The Morgan fingerprint density at radius 3 is 2.65 bits per heavy atom. The number of fused-ring (bicyclic) bond motifs is 1. The largest absolute Gasteiger partial charge is 0.496 e. The van der Waals surface area contributed by atoms with Crippen LogP contribution in [-0.2, 0) is 6.54 Å². The molecular formula is C13H17NO3. The second kappa shape index (κ2) is 5.10. The molecule has 1 N–H and O–H groups in total. The van der Waals surface area contributed by atoms with E-state index >= 15 is 0 Å². The number of hydrogen-bond acceptors (Lipinski definition) is 4. The summed E-state index contributed by atoms with van der Waals surface area (Å²) in [6, 6.07) is 5.72. The van der Waals surface area contributed by atoms with Crippen LogP contribution in [0.3, 0.4) is 0 Å². The van der Waals surface area contributed by atoms with Crippen LogP contribution in [0, 0.1) is 0 Å². The van der Waals surface area contributed by atoms with Crippen molar-refractivity contribution in [3.63, 3.8) is 0 Å². The van der Waals surface area contributed by atoms with Gasteiger partial charge in [-0.05, 0) is 12.6 Å². The molecule has 0 bridgehead atoms. The van der Waals surface area contributed by atoms with Crippen LogP contribution in [0.4, 0.5) is 0 Å². The molecule has 4 heteroatoms. The summed E-state index contributed by atoms with van der Waals surface area (Å²) in [5.41, 5.74) is 0.786. The predicted octanol–water partition coefficient (Wildman–Crippen LogP) is 2.56. The normalized spacial score (nSPS) is 10.8. The Balaban J connectivity index is 2.43. The summed E-state index contributed by atoms with van der Waals surface area (Å²) in [6.07, 6.45) is 0. The average molecular weight is 235 g/mol. The Labute approximate surface area is 101 Å². The molecule has 0 atom stereocenters. The molecule has 0 spiro atoms. The van der Waals surface area contributed by atoms with Gasteiger partial charge in [0, 0.05) is 12.1 Å². The molecule has 0 aliphatic heterocycles. The van der Waals surface area contributed by atoms with Crippen molar-refractivity contribution in [3.8, 4) is 11.5 Å². The Morgan fingerprint density at radius 1 is 1.18 bits per heavy atom. The van der Waals surface area contributed by atoms with Gasteiger partial charge in [-0.1, -0.05) is 6.92 Å². The number of methoxy groups -OCH3 is 2. The van der Waals surface area contributed by atoms with E-state index in [0.717, 1.165) is 41.3 Å². The Kier molecular flexibility index (Phi) is 3.54. The lowest BCUT2D eigenvalue weighted by atomic mass is 10.2. The second-order valence-electron chi connectivity index (χ2n) is 3.73. The van der Waals surface area contributed by atoms with Crippen LogP contribution in [0.15, 0.2) is 22.6 Å². The number of nitrogens with one attached hydrogen (secondary N) is 1. The van der Waals surface area contributed by atoms with E-state index in [4.69, 9.17) is 13.9 Å². The molecule has 0 aliphatic carbocycles. The fourth-order valence-corrected chi connectivity index (χ4v) is 1.76. The SMILES string of the molecule is CCNCc1cc2c(OC)cc(OC)cc2o1. The number of hydrogen-bond donors (Lipinski definition) is 1. The standard InChI is InChI=1S/C13H17NO3/c1-4-14-8-10-5-11-12(16-3)6-9(15-2)7-13(11)17-10/h5-7,14H,4,8H2,1-3H3. The first-order valence-electron chi connectivity index (χ1n) is 5.63. The number of benzene rings is 1. The van der Waals surface area contributed by atoms with E-state index in [2.05, 4.69) is 12.2 Å². The molecule has 0 amide bonds. The molecule has 17 heavy (non-hydrogen) atoms. The third kappa shape index (κ3) is 2.36. The van der Waals surface area contributed by atoms with Gasteiger partial charge in [-0.15, -0.1) is 0 Å². The third-order valence-electron chi connectivity index (χ3n) is 2.63. The van der Waals surface area contributed by atoms with Crippen molar-refractivity contribution < 1.29 is 13.9 Å². The number of furan rings is 1. The highest BCUT2D eigenvalue weighted by Crippen LogP contribution is 2.33. The highest BCUT2D eigenvalue weighted by Gasteiger charge is 2.10. The molecule has 2 rings (SSSR count). The molecule has 1 heterocycles. The van der Waals surface area contributed by atoms with Crippen LogP contribution < -0.4 is 14.8 Å². The van der Waals surface area contributed by atoms with E-state index in [9.17, 15) is 0 Å². The maximum absolute atomic E-state index is 5.73. The zero-order valence-corrected chi connectivity index (χ0v) is 10.4. The van der Waals surface area contributed by atoms with Crippen LogP contribution in [0.25, 0.3) is 11.0 Å². The summed E-state index contributed by atoms with van der Waals surface area (Å²) in [4.78, 5) is 0. The molecule has 0 aliphatic rings. The first-order chi connectivity index (χ1) is 8.28. The van der Waals surface area contributed by atoms with Crippen LogP contribution in [0.1, 0.15) is 12.7 Å².